The van der Waals surface area contributed by atoms with E-state index in [-0.39, 0.29) is 36.8 Å². The number of benzene rings is 2. The molecule has 1 aliphatic heterocycles. The number of halogens is 1. The van der Waals surface area contributed by atoms with Gasteiger partial charge in [0.1, 0.15) is 30.5 Å². The molecule has 0 unspecified atom stereocenters. The van der Waals surface area contributed by atoms with Crippen LogP contribution in [0.4, 0.5) is 4.39 Å². The van der Waals surface area contributed by atoms with E-state index in [0.29, 0.717) is 37.2 Å². The highest BCUT2D eigenvalue weighted by atomic mass is 19.1. The monoisotopic (exact) mass is 401 g/mol. The largest absolute Gasteiger partial charge is 0.497 e. The summed E-state index contributed by atoms with van der Waals surface area (Å²) in [4.78, 5) is 26.4. The maximum absolute atomic E-state index is 13.0. The van der Waals surface area contributed by atoms with E-state index in [2.05, 4.69) is 0 Å². The van der Waals surface area contributed by atoms with Gasteiger partial charge in [0.05, 0.1) is 13.0 Å². The number of esters is 1. The third kappa shape index (κ3) is 5.70. The van der Waals surface area contributed by atoms with Crippen molar-refractivity contribution in [2.24, 2.45) is 5.92 Å². The summed E-state index contributed by atoms with van der Waals surface area (Å²) in [7, 11) is 1.60. The number of nitrogens with zero attached hydrogens (tertiary/aromatic N) is 1. The molecular formula is C22H24FNO5. The van der Waals surface area contributed by atoms with Gasteiger partial charge in [-0.3, -0.25) is 9.59 Å². The van der Waals surface area contributed by atoms with Crippen molar-refractivity contribution in [3.63, 3.8) is 0 Å². The third-order valence-electron chi connectivity index (χ3n) is 4.86. The van der Waals surface area contributed by atoms with Gasteiger partial charge in [0.2, 0.25) is 0 Å². The van der Waals surface area contributed by atoms with Crippen molar-refractivity contribution in [3.05, 3.63) is 59.9 Å². The SMILES string of the molecule is COc1ccc(OCCOC(=O)C2CCN(C(=O)c3ccc(F)cc3)CC2)cc1. The zero-order valence-electron chi connectivity index (χ0n) is 16.3. The lowest BCUT2D eigenvalue weighted by molar-refractivity contribution is -0.150. The molecule has 1 fully saturated rings. The first-order valence-corrected chi connectivity index (χ1v) is 9.55. The molecule has 0 saturated carbocycles. The molecule has 1 heterocycles. The summed E-state index contributed by atoms with van der Waals surface area (Å²) in [6.45, 7) is 1.37. The van der Waals surface area contributed by atoms with Crippen LogP contribution in [0, 0.1) is 11.7 Å². The van der Waals surface area contributed by atoms with Crippen molar-refractivity contribution in [1.82, 2.24) is 4.90 Å². The van der Waals surface area contributed by atoms with Crippen LogP contribution in [0.25, 0.3) is 0 Å². The Kier molecular flexibility index (Phi) is 7.05. The predicted molar refractivity (Wildman–Crippen MR) is 104 cm³/mol. The van der Waals surface area contributed by atoms with Crippen molar-refractivity contribution in [2.75, 3.05) is 33.4 Å². The quantitative estimate of drug-likeness (QED) is 0.526. The number of ether oxygens (including phenoxy) is 3. The maximum Gasteiger partial charge on any atom is 0.309 e. The Morgan fingerprint density at radius 3 is 2.21 bits per heavy atom. The predicted octanol–water partition coefficient (Wildman–Crippen LogP) is 3.31. The molecule has 7 heteroatoms. The van der Waals surface area contributed by atoms with E-state index in [9.17, 15) is 14.0 Å². The first-order chi connectivity index (χ1) is 14.1. The first kappa shape index (κ1) is 20.6. The Morgan fingerprint density at radius 1 is 0.966 bits per heavy atom. The highest BCUT2D eigenvalue weighted by Gasteiger charge is 2.28. The number of hydrogen-bond donors (Lipinski definition) is 0. The molecule has 0 aliphatic carbocycles. The number of rotatable bonds is 7. The average Bonchev–Trinajstić information content (AvgIpc) is 2.77. The summed E-state index contributed by atoms with van der Waals surface area (Å²) in [5, 5.41) is 0. The molecule has 154 valence electrons. The molecule has 1 aliphatic rings. The summed E-state index contributed by atoms with van der Waals surface area (Å²) < 4.78 is 28.9. The summed E-state index contributed by atoms with van der Waals surface area (Å²) in [5.74, 6) is 0.400. The number of hydrogen-bond acceptors (Lipinski definition) is 5. The van der Waals surface area contributed by atoms with Gasteiger partial charge in [0.15, 0.2) is 0 Å². The van der Waals surface area contributed by atoms with Crippen LogP contribution in [-0.4, -0.2) is 50.2 Å². The van der Waals surface area contributed by atoms with Gasteiger partial charge in [-0.1, -0.05) is 0 Å². The Bertz CT molecular complexity index is 814. The minimum Gasteiger partial charge on any atom is -0.497 e. The average molecular weight is 401 g/mol. The number of piperidine rings is 1. The molecule has 6 nitrogen and oxygen atoms in total. The number of carbonyl (C=O) groups excluding carboxylic acids is 2. The fraction of sp³-hybridized carbons (Fsp3) is 0.364. The molecule has 0 radical (unpaired) electrons. The lowest BCUT2D eigenvalue weighted by Crippen LogP contribution is -2.40. The lowest BCUT2D eigenvalue weighted by atomic mass is 9.96. The van der Waals surface area contributed by atoms with Gasteiger partial charge >= 0.3 is 5.97 Å². The molecule has 0 N–H and O–H groups in total. The van der Waals surface area contributed by atoms with Gasteiger partial charge in [-0.05, 0) is 61.4 Å². The van der Waals surface area contributed by atoms with E-state index in [1.165, 1.54) is 24.3 Å². The van der Waals surface area contributed by atoms with Gasteiger partial charge < -0.3 is 19.1 Å². The second-order valence-corrected chi connectivity index (χ2v) is 6.76. The van der Waals surface area contributed by atoms with Crippen molar-refractivity contribution >= 4 is 11.9 Å². The summed E-state index contributed by atoms with van der Waals surface area (Å²) in [5.41, 5.74) is 0.447. The van der Waals surface area contributed by atoms with Crippen LogP contribution in [0.2, 0.25) is 0 Å². The van der Waals surface area contributed by atoms with Crippen LogP contribution in [0.3, 0.4) is 0 Å². The zero-order valence-corrected chi connectivity index (χ0v) is 16.3. The summed E-state index contributed by atoms with van der Waals surface area (Å²) in [6.07, 6.45) is 1.09. The molecule has 0 spiro atoms. The van der Waals surface area contributed by atoms with E-state index >= 15 is 0 Å². The number of methoxy groups -OCH3 is 1. The van der Waals surface area contributed by atoms with Crippen LogP contribution in [0.5, 0.6) is 11.5 Å². The highest BCUT2D eigenvalue weighted by molar-refractivity contribution is 5.94. The van der Waals surface area contributed by atoms with Crippen molar-refractivity contribution < 1.29 is 28.2 Å². The third-order valence-corrected chi connectivity index (χ3v) is 4.86. The van der Waals surface area contributed by atoms with Crippen molar-refractivity contribution in [1.29, 1.82) is 0 Å². The van der Waals surface area contributed by atoms with Crippen LogP contribution < -0.4 is 9.47 Å². The molecule has 0 atom stereocenters. The number of amides is 1. The van der Waals surface area contributed by atoms with Crippen LogP contribution in [0.15, 0.2) is 48.5 Å². The van der Waals surface area contributed by atoms with Crippen molar-refractivity contribution in [3.8, 4) is 11.5 Å². The van der Waals surface area contributed by atoms with E-state index in [1.807, 2.05) is 0 Å². The normalized spacial score (nSPS) is 14.3. The van der Waals surface area contributed by atoms with E-state index in [0.717, 1.165) is 5.75 Å². The van der Waals surface area contributed by atoms with Gasteiger partial charge in [0.25, 0.3) is 5.91 Å². The second kappa shape index (κ2) is 9.91. The summed E-state index contributed by atoms with van der Waals surface area (Å²) >= 11 is 0. The lowest BCUT2D eigenvalue weighted by Gasteiger charge is -2.31. The maximum atomic E-state index is 13.0. The topological polar surface area (TPSA) is 65.1 Å². The standard InChI is InChI=1S/C22H24FNO5/c1-27-19-6-8-20(9-7-19)28-14-15-29-22(26)17-10-12-24(13-11-17)21(25)16-2-4-18(23)5-3-16/h2-9,17H,10-15H2,1H3. The van der Waals surface area contributed by atoms with E-state index in [1.54, 1.807) is 36.3 Å². The summed E-state index contributed by atoms with van der Waals surface area (Å²) in [6, 6.07) is 12.6. The van der Waals surface area contributed by atoms with Gasteiger partial charge in [-0.15, -0.1) is 0 Å². The molecule has 2 aromatic rings. The Morgan fingerprint density at radius 2 is 1.59 bits per heavy atom. The van der Waals surface area contributed by atoms with E-state index in [4.69, 9.17) is 14.2 Å². The van der Waals surface area contributed by atoms with Gasteiger partial charge in [0, 0.05) is 18.7 Å². The van der Waals surface area contributed by atoms with Crippen LogP contribution in [-0.2, 0) is 9.53 Å². The molecular weight excluding hydrogens is 377 g/mol. The highest BCUT2D eigenvalue weighted by Crippen LogP contribution is 2.21. The molecule has 29 heavy (non-hydrogen) atoms. The smallest absolute Gasteiger partial charge is 0.309 e. The number of likely N-dealkylation sites (tertiary alicyclic amines) is 1. The van der Waals surface area contributed by atoms with Gasteiger partial charge in [-0.2, -0.15) is 0 Å². The first-order valence-electron chi connectivity index (χ1n) is 9.55. The van der Waals surface area contributed by atoms with Crippen molar-refractivity contribution in [2.45, 2.75) is 12.8 Å². The molecule has 0 bridgehead atoms. The van der Waals surface area contributed by atoms with Crippen LogP contribution in [0.1, 0.15) is 23.2 Å². The molecule has 1 saturated heterocycles. The van der Waals surface area contributed by atoms with Gasteiger partial charge in [-0.25, -0.2) is 4.39 Å². The second-order valence-electron chi connectivity index (χ2n) is 6.76. The molecule has 0 aromatic heterocycles. The fourth-order valence-corrected chi connectivity index (χ4v) is 3.18. The fourth-order valence-electron chi connectivity index (χ4n) is 3.18. The number of carbonyl (C=O) groups is 2. The molecule has 1 amide bonds. The Hall–Kier alpha value is -3.09. The minimum absolute atomic E-state index is 0.148. The molecule has 2 aromatic carbocycles. The molecule has 3 rings (SSSR count). The Balaban J connectivity index is 1.37. The Labute approximate surface area is 169 Å². The van der Waals surface area contributed by atoms with Crippen LogP contribution >= 0.6 is 0 Å². The zero-order chi connectivity index (χ0) is 20.6. The minimum atomic E-state index is -0.376. The van der Waals surface area contributed by atoms with E-state index < -0.39 is 0 Å².